The van der Waals surface area contributed by atoms with Gasteiger partial charge >= 0.3 is 0 Å². The van der Waals surface area contributed by atoms with Crippen LogP contribution >= 0.6 is 11.8 Å². The second kappa shape index (κ2) is 7.38. The maximum absolute atomic E-state index is 13.1. The van der Waals surface area contributed by atoms with Crippen LogP contribution in [0.5, 0.6) is 11.6 Å². The summed E-state index contributed by atoms with van der Waals surface area (Å²) in [6.07, 6.45) is 1.50. The summed E-state index contributed by atoms with van der Waals surface area (Å²) in [5, 5.41) is 0.752. The molecule has 1 aromatic heterocycles. The molecule has 0 unspecified atom stereocenters. The number of ether oxygens (including phenoxy) is 1. The van der Waals surface area contributed by atoms with Crippen LogP contribution in [0, 0.1) is 6.92 Å². The molecule has 0 atom stereocenters. The minimum atomic E-state index is 0.00892. The molecule has 2 aromatic carbocycles. The van der Waals surface area contributed by atoms with Gasteiger partial charge in [0.1, 0.15) is 5.75 Å². The van der Waals surface area contributed by atoms with Crippen LogP contribution in [-0.4, -0.2) is 15.3 Å². The fourth-order valence-corrected chi connectivity index (χ4v) is 3.99. The van der Waals surface area contributed by atoms with Crippen molar-refractivity contribution in [1.29, 1.82) is 0 Å². The van der Waals surface area contributed by atoms with Crippen molar-refractivity contribution in [2.45, 2.75) is 31.5 Å². The van der Waals surface area contributed by atoms with Crippen molar-refractivity contribution in [2.75, 3.05) is 5.75 Å². The number of fused-ring (bicyclic) bond motifs is 1. The van der Waals surface area contributed by atoms with E-state index in [1.807, 2.05) is 61.5 Å². The van der Waals surface area contributed by atoms with Crippen LogP contribution in [0.15, 0.2) is 64.5 Å². The van der Waals surface area contributed by atoms with E-state index in [1.165, 1.54) is 0 Å². The van der Waals surface area contributed by atoms with Crippen LogP contribution in [0.4, 0.5) is 0 Å². The molecule has 2 heterocycles. The van der Waals surface area contributed by atoms with E-state index < -0.39 is 0 Å². The van der Waals surface area contributed by atoms with Gasteiger partial charge < -0.3 is 4.74 Å². The molecule has 0 bridgehead atoms. The largest absolute Gasteiger partial charge is 0.438 e. The van der Waals surface area contributed by atoms with Gasteiger partial charge in [-0.2, -0.15) is 4.98 Å². The van der Waals surface area contributed by atoms with Crippen LogP contribution in [0.25, 0.3) is 0 Å². The number of aryl methyl sites for hydroxylation is 1. The highest BCUT2D eigenvalue weighted by Gasteiger charge is 2.21. The molecule has 0 saturated heterocycles. The molecule has 4 rings (SSSR count). The van der Waals surface area contributed by atoms with Gasteiger partial charge in [-0.1, -0.05) is 60.3 Å². The van der Waals surface area contributed by atoms with Crippen LogP contribution in [0.2, 0.25) is 0 Å². The number of hydrogen-bond acceptors (Lipinski definition) is 4. The van der Waals surface area contributed by atoms with E-state index in [9.17, 15) is 4.79 Å². The highest BCUT2D eigenvalue weighted by molar-refractivity contribution is 7.99. The first kappa shape index (κ1) is 16.9. The van der Waals surface area contributed by atoms with Crippen molar-refractivity contribution in [3.05, 3.63) is 81.6 Å². The Balaban J connectivity index is 1.81. The molecule has 1 aliphatic rings. The van der Waals surface area contributed by atoms with Crippen LogP contribution in [-0.2, 0) is 13.0 Å². The van der Waals surface area contributed by atoms with Gasteiger partial charge in [-0.3, -0.25) is 9.36 Å². The normalized spacial score (nSPS) is 13.3. The summed E-state index contributed by atoms with van der Waals surface area (Å²) in [5.74, 6) is 2.14. The maximum Gasteiger partial charge on any atom is 0.261 e. The molecule has 0 radical (unpaired) electrons. The van der Waals surface area contributed by atoms with Crippen molar-refractivity contribution >= 4 is 11.8 Å². The second-order valence-corrected chi connectivity index (χ2v) is 7.43. The second-order valence-electron chi connectivity index (χ2n) is 6.37. The third-order valence-corrected chi connectivity index (χ3v) is 5.53. The van der Waals surface area contributed by atoms with Crippen LogP contribution in [0.3, 0.4) is 0 Å². The Labute approximate surface area is 156 Å². The summed E-state index contributed by atoms with van der Waals surface area (Å²) in [6, 6.07) is 17.8. The van der Waals surface area contributed by atoms with Gasteiger partial charge in [-0.25, -0.2) is 0 Å². The van der Waals surface area contributed by atoms with Gasteiger partial charge in [-0.05, 0) is 30.5 Å². The Kier molecular flexibility index (Phi) is 4.80. The van der Waals surface area contributed by atoms with E-state index in [0.29, 0.717) is 17.9 Å². The van der Waals surface area contributed by atoms with Crippen molar-refractivity contribution in [3.8, 4) is 11.6 Å². The molecule has 0 spiro atoms. The lowest BCUT2D eigenvalue weighted by atomic mass is 10.1. The van der Waals surface area contributed by atoms with Crippen LogP contribution < -0.4 is 10.3 Å². The molecule has 0 amide bonds. The summed E-state index contributed by atoms with van der Waals surface area (Å²) in [4.78, 5) is 17.9. The Morgan fingerprint density at radius 1 is 1.12 bits per heavy atom. The summed E-state index contributed by atoms with van der Waals surface area (Å²) in [6.45, 7) is 2.72. The smallest absolute Gasteiger partial charge is 0.261 e. The average Bonchev–Trinajstić information content (AvgIpc) is 2.67. The number of nitrogens with zero attached hydrogens (tertiary/aromatic N) is 2. The highest BCUT2D eigenvalue weighted by Crippen LogP contribution is 2.30. The van der Waals surface area contributed by atoms with E-state index in [-0.39, 0.29) is 5.56 Å². The molecule has 132 valence electrons. The number of aromatic nitrogens is 2. The van der Waals surface area contributed by atoms with Crippen molar-refractivity contribution in [1.82, 2.24) is 9.55 Å². The maximum atomic E-state index is 13.1. The minimum absolute atomic E-state index is 0.00892. The molecule has 3 aromatic rings. The number of benzene rings is 2. The van der Waals surface area contributed by atoms with Crippen molar-refractivity contribution in [3.63, 3.8) is 0 Å². The van der Waals surface area contributed by atoms with Gasteiger partial charge in [-0.15, -0.1) is 0 Å². The summed E-state index contributed by atoms with van der Waals surface area (Å²) in [7, 11) is 0. The molecule has 0 aliphatic carbocycles. The standard InChI is InChI=1S/C21H20N2O2S/c1-15-8-5-6-11-18(15)25-19-17(14-16-9-3-2-4-10-16)20(24)23-12-7-13-26-21(23)22-19/h2-6,8-11H,7,12-14H2,1H3. The van der Waals surface area contributed by atoms with E-state index in [2.05, 4.69) is 0 Å². The molecular formula is C21H20N2O2S. The van der Waals surface area contributed by atoms with E-state index in [1.54, 1.807) is 16.3 Å². The zero-order valence-electron chi connectivity index (χ0n) is 14.6. The molecule has 0 saturated carbocycles. The van der Waals surface area contributed by atoms with Gasteiger partial charge in [0, 0.05) is 18.7 Å². The molecule has 1 aliphatic heterocycles. The number of thioether (sulfide) groups is 1. The van der Waals surface area contributed by atoms with Crippen LogP contribution in [0.1, 0.15) is 23.1 Å². The van der Waals surface area contributed by atoms with Crippen molar-refractivity contribution in [2.24, 2.45) is 0 Å². The molecule has 0 fully saturated rings. The van der Waals surface area contributed by atoms with E-state index in [0.717, 1.165) is 40.8 Å². The van der Waals surface area contributed by atoms with Gasteiger partial charge in [0.15, 0.2) is 5.16 Å². The quantitative estimate of drug-likeness (QED) is 0.643. The predicted molar refractivity (Wildman–Crippen MR) is 104 cm³/mol. The number of rotatable bonds is 4. The highest BCUT2D eigenvalue weighted by atomic mass is 32.2. The average molecular weight is 364 g/mol. The zero-order chi connectivity index (χ0) is 17.9. The Morgan fingerprint density at radius 2 is 1.88 bits per heavy atom. The Morgan fingerprint density at radius 3 is 2.69 bits per heavy atom. The monoisotopic (exact) mass is 364 g/mol. The number of hydrogen-bond donors (Lipinski definition) is 0. The number of para-hydroxylation sites is 1. The lowest BCUT2D eigenvalue weighted by Crippen LogP contribution is -2.29. The lowest BCUT2D eigenvalue weighted by molar-refractivity contribution is 0.429. The Bertz CT molecular complexity index is 983. The first-order chi connectivity index (χ1) is 12.7. The van der Waals surface area contributed by atoms with Gasteiger partial charge in [0.05, 0.1) is 5.56 Å². The first-order valence-electron chi connectivity index (χ1n) is 8.76. The zero-order valence-corrected chi connectivity index (χ0v) is 15.5. The lowest BCUT2D eigenvalue weighted by Gasteiger charge is -2.20. The first-order valence-corrected chi connectivity index (χ1v) is 9.75. The van der Waals surface area contributed by atoms with Gasteiger partial charge in [0.25, 0.3) is 5.56 Å². The van der Waals surface area contributed by atoms with E-state index in [4.69, 9.17) is 9.72 Å². The third kappa shape index (κ3) is 3.40. The fraction of sp³-hybridized carbons (Fsp3) is 0.238. The minimum Gasteiger partial charge on any atom is -0.438 e. The Hall–Kier alpha value is -2.53. The molecular weight excluding hydrogens is 344 g/mol. The van der Waals surface area contributed by atoms with E-state index >= 15 is 0 Å². The molecule has 5 heteroatoms. The van der Waals surface area contributed by atoms with Gasteiger partial charge in [0.2, 0.25) is 5.88 Å². The molecule has 0 N–H and O–H groups in total. The SMILES string of the molecule is Cc1ccccc1Oc1nc2n(c(=O)c1Cc1ccccc1)CCCS2. The van der Waals surface area contributed by atoms with Crippen molar-refractivity contribution < 1.29 is 4.74 Å². The summed E-state index contributed by atoms with van der Waals surface area (Å²) in [5.41, 5.74) is 2.72. The predicted octanol–water partition coefficient (Wildman–Crippen LogP) is 4.43. The molecule has 26 heavy (non-hydrogen) atoms. The summed E-state index contributed by atoms with van der Waals surface area (Å²) >= 11 is 1.62. The summed E-state index contributed by atoms with van der Waals surface area (Å²) < 4.78 is 7.91. The topological polar surface area (TPSA) is 44.1 Å². The fourth-order valence-electron chi connectivity index (χ4n) is 3.06. The third-order valence-electron chi connectivity index (χ3n) is 4.47. The molecule has 4 nitrogen and oxygen atoms in total.